The van der Waals surface area contributed by atoms with Crippen molar-refractivity contribution in [1.82, 2.24) is 19.8 Å². The molecule has 0 aliphatic carbocycles. The van der Waals surface area contributed by atoms with Gasteiger partial charge in [0, 0.05) is 56.9 Å². The largest absolute Gasteiger partial charge is 0.341 e. The summed E-state index contributed by atoms with van der Waals surface area (Å²) in [6, 6.07) is 0. The van der Waals surface area contributed by atoms with Gasteiger partial charge in [0.1, 0.15) is 0 Å². The quantitative estimate of drug-likeness (QED) is 0.835. The van der Waals surface area contributed by atoms with Gasteiger partial charge in [-0.15, -0.1) is 0 Å². The minimum atomic E-state index is 0.963. The number of hydrogen-bond acceptors (Lipinski definition) is 5. The third-order valence-corrected chi connectivity index (χ3v) is 4.59. The number of aromatic nitrogens is 2. The Morgan fingerprint density at radius 2 is 1.86 bits per heavy atom. The summed E-state index contributed by atoms with van der Waals surface area (Å²) in [5.41, 5.74) is 3.82. The zero-order valence-electron chi connectivity index (χ0n) is 13.6. The minimum Gasteiger partial charge on any atom is -0.341 e. The minimum absolute atomic E-state index is 0.963. The van der Waals surface area contributed by atoms with Crippen molar-refractivity contribution >= 4 is 5.95 Å². The van der Waals surface area contributed by atoms with Crippen LogP contribution in [-0.4, -0.2) is 66.6 Å². The molecule has 0 bridgehead atoms. The number of likely N-dealkylation sites (N-methyl/N-ethyl adjacent to an activating group) is 1. The van der Waals surface area contributed by atoms with E-state index >= 15 is 0 Å². The fourth-order valence-electron chi connectivity index (χ4n) is 3.21. The monoisotopic (exact) mass is 289 g/mol. The number of anilines is 1. The first kappa shape index (κ1) is 14.7. The molecule has 3 heterocycles. The molecule has 0 saturated carbocycles. The summed E-state index contributed by atoms with van der Waals surface area (Å²) in [6.45, 7) is 8.75. The Balaban J connectivity index is 1.74. The summed E-state index contributed by atoms with van der Waals surface area (Å²) in [5, 5.41) is 0. The second-order valence-corrected chi connectivity index (χ2v) is 6.56. The van der Waals surface area contributed by atoms with Crippen molar-refractivity contribution in [3.63, 3.8) is 0 Å². The van der Waals surface area contributed by atoms with Gasteiger partial charge in [-0.25, -0.2) is 9.97 Å². The molecule has 1 fully saturated rings. The van der Waals surface area contributed by atoms with Crippen LogP contribution in [0.25, 0.3) is 0 Å². The summed E-state index contributed by atoms with van der Waals surface area (Å²) in [7, 11) is 4.27. The van der Waals surface area contributed by atoms with Gasteiger partial charge in [0.05, 0.1) is 5.69 Å². The molecular weight excluding hydrogens is 262 g/mol. The Bertz CT molecular complexity index is 494. The third kappa shape index (κ3) is 3.35. The van der Waals surface area contributed by atoms with Crippen molar-refractivity contribution in [1.29, 1.82) is 0 Å². The van der Waals surface area contributed by atoms with Gasteiger partial charge in [-0.1, -0.05) is 0 Å². The van der Waals surface area contributed by atoms with E-state index in [1.165, 1.54) is 29.8 Å². The molecule has 3 rings (SSSR count). The summed E-state index contributed by atoms with van der Waals surface area (Å²) in [6.07, 6.45) is 3.61. The lowest BCUT2D eigenvalue weighted by Gasteiger charge is -2.30. The van der Waals surface area contributed by atoms with Crippen LogP contribution in [0.2, 0.25) is 0 Å². The molecular formula is C16H27N5. The fraction of sp³-hybridized carbons (Fsp3) is 0.750. The van der Waals surface area contributed by atoms with E-state index in [1.807, 2.05) is 0 Å². The van der Waals surface area contributed by atoms with Gasteiger partial charge >= 0.3 is 0 Å². The van der Waals surface area contributed by atoms with E-state index < -0.39 is 0 Å². The van der Waals surface area contributed by atoms with Crippen molar-refractivity contribution in [3.8, 4) is 0 Å². The molecule has 5 heteroatoms. The van der Waals surface area contributed by atoms with Crippen LogP contribution in [-0.2, 0) is 13.0 Å². The summed E-state index contributed by atoms with van der Waals surface area (Å²) >= 11 is 0. The number of hydrogen-bond donors (Lipinski definition) is 0. The van der Waals surface area contributed by atoms with Gasteiger partial charge in [0.25, 0.3) is 0 Å². The molecule has 0 unspecified atom stereocenters. The molecule has 0 spiro atoms. The molecule has 0 N–H and O–H groups in total. The Labute approximate surface area is 128 Å². The molecule has 0 amide bonds. The molecule has 1 aromatic heterocycles. The Hall–Kier alpha value is -1.20. The normalized spacial score (nSPS) is 19.3. The van der Waals surface area contributed by atoms with Crippen LogP contribution >= 0.6 is 0 Å². The van der Waals surface area contributed by atoms with Crippen LogP contribution in [0.3, 0.4) is 0 Å². The van der Waals surface area contributed by atoms with E-state index in [4.69, 9.17) is 9.97 Å². The highest BCUT2D eigenvalue weighted by atomic mass is 15.3. The first-order chi connectivity index (χ1) is 10.1. The maximum Gasteiger partial charge on any atom is 0.225 e. The van der Waals surface area contributed by atoms with Crippen LogP contribution in [0.15, 0.2) is 0 Å². The topological polar surface area (TPSA) is 35.5 Å². The van der Waals surface area contributed by atoms with Crippen molar-refractivity contribution in [2.75, 3.05) is 51.7 Å². The van der Waals surface area contributed by atoms with E-state index in [2.05, 4.69) is 35.7 Å². The summed E-state index contributed by atoms with van der Waals surface area (Å²) in [4.78, 5) is 16.7. The number of aryl methyl sites for hydroxylation is 1. The zero-order valence-corrected chi connectivity index (χ0v) is 13.6. The van der Waals surface area contributed by atoms with Gasteiger partial charge in [-0.2, -0.15) is 0 Å². The van der Waals surface area contributed by atoms with Crippen LogP contribution in [0.1, 0.15) is 29.8 Å². The molecule has 2 aliphatic rings. The first-order valence-corrected chi connectivity index (χ1v) is 8.12. The zero-order chi connectivity index (χ0) is 14.8. The van der Waals surface area contributed by atoms with Gasteiger partial charge in [-0.3, -0.25) is 4.90 Å². The maximum absolute atomic E-state index is 4.86. The number of nitrogens with zero attached hydrogens (tertiary/aromatic N) is 5. The van der Waals surface area contributed by atoms with E-state index in [0.717, 1.165) is 51.6 Å². The van der Waals surface area contributed by atoms with Crippen molar-refractivity contribution in [3.05, 3.63) is 17.0 Å². The van der Waals surface area contributed by atoms with Gasteiger partial charge < -0.3 is 9.80 Å². The predicted octanol–water partition coefficient (Wildman–Crippen LogP) is 1.30. The van der Waals surface area contributed by atoms with Crippen LogP contribution in [0.5, 0.6) is 0 Å². The maximum atomic E-state index is 4.86. The Morgan fingerprint density at radius 1 is 1.10 bits per heavy atom. The molecule has 1 aromatic rings. The number of fused-ring (bicyclic) bond motifs is 1. The molecule has 2 aliphatic heterocycles. The highest BCUT2D eigenvalue weighted by Gasteiger charge is 2.23. The van der Waals surface area contributed by atoms with E-state index in [9.17, 15) is 0 Å². The lowest BCUT2D eigenvalue weighted by Crippen LogP contribution is -2.37. The molecule has 1 saturated heterocycles. The third-order valence-electron chi connectivity index (χ3n) is 4.59. The fourth-order valence-corrected chi connectivity index (χ4v) is 3.21. The van der Waals surface area contributed by atoms with Crippen molar-refractivity contribution in [2.24, 2.45) is 0 Å². The smallest absolute Gasteiger partial charge is 0.225 e. The second kappa shape index (κ2) is 6.28. The lowest BCUT2D eigenvalue weighted by molar-refractivity contribution is 0.222. The average Bonchev–Trinajstić information content (AvgIpc) is 2.99. The van der Waals surface area contributed by atoms with Crippen molar-refractivity contribution < 1.29 is 0 Å². The van der Waals surface area contributed by atoms with Gasteiger partial charge in [0.2, 0.25) is 5.95 Å². The average molecular weight is 289 g/mol. The summed E-state index contributed by atoms with van der Waals surface area (Å²) in [5.74, 6) is 0.963. The molecule has 0 radical (unpaired) electrons. The molecule has 0 atom stereocenters. The van der Waals surface area contributed by atoms with E-state index in [0.29, 0.717) is 0 Å². The predicted molar refractivity (Wildman–Crippen MR) is 85.8 cm³/mol. The highest BCUT2D eigenvalue weighted by molar-refractivity contribution is 5.38. The van der Waals surface area contributed by atoms with E-state index in [-0.39, 0.29) is 0 Å². The molecule has 0 aromatic carbocycles. The standard InChI is InChI=1S/C16H27N5/c1-13-14-12-20(11-10-19(2)3)9-6-15(14)18-16(17-13)21-7-4-5-8-21/h4-12H2,1-3H3. The SMILES string of the molecule is Cc1nc(N2CCCC2)nc2c1CN(CCN(C)C)CC2. The van der Waals surface area contributed by atoms with Gasteiger partial charge in [-0.05, 0) is 33.9 Å². The van der Waals surface area contributed by atoms with Gasteiger partial charge in [0.15, 0.2) is 0 Å². The highest BCUT2D eigenvalue weighted by Crippen LogP contribution is 2.24. The molecule has 5 nitrogen and oxygen atoms in total. The molecule has 21 heavy (non-hydrogen) atoms. The van der Waals surface area contributed by atoms with Crippen LogP contribution in [0, 0.1) is 6.92 Å². The summed E-state index contributed by atoms with van der Waals surface area (Å²) < 4.78 is 0. The van der Waals surface area contributed by atoms with E-state index in [1.54, 1.807) is 0 Å². The lowest BCUT2D eigenvalue weighted by atomic mass is 10.0. The Morgan fingerprint density at radius 3 is 2.57 bits per heavy atom. The Kier molecular flexibility index (Phi) is 4.40. The second-order valence-electron chi connectivity index (χ2n) is 6.56. The molecule has 116 valence electrons. The first-order valence-electron chi connectivity index (χ1n) is 8.12. The van der Waals surface area contributed by atoms with Crippen LogP contribution in [0.4, 0.5) is 5.95 Å². The van der Waals surface area contributed by atoms with Crippen LogP contribution < -0.4 is 4.90 Å². The van der Waals surface area contributed by atoms with Crippen molar-refractivity contribution in [2.45, 2.75) is 32.7 Å². The number of rotatable bonds is 4.